The number of carbonyl (C=O) groups excluding carboxylic acids is 1. The van der Waals surface area contributed by atoms with Crippen LogP contribution in [0.5, 0.6) is 0 Å². The van der Waals surface area contributed by atoms with Gasteiger partial charge < -0.3 is 5.32 Å². The van der Waals surface area contributed by atoms with Crippen molar-refractivity contribution in [1.82, 2.24) is 14.1 Å². The molecule has 30 heavy (non-hydrogen) atoms. The molecule has 0 radical (unpaired) electrons. The molecule has 0 aliphatic carbocycles. The van der Waals surface area contributed by atoms with Gasteiger partial charge in [0.25, 0.3) is 0 Å². The molecule has 0 spiro atoms. The molecule has 1 aromatic carbocycles. The molecule has 2 aliphatic rings. The van der Waals surface area contributed by atoms with Gasteiger partial charge in [0.1, 0.15) is 0 Å². The van der Waals surface area contributed by atoms with Crippen LogP contribution in [-0.4, -0.2) is 74.2 Å². The molecule has 2 aromatic rings. The van der Waals surface area contributed by atoms with Crippen LogP contribution in [0.15, 0.2) is 46.7 Å². The zero-order chi connectivity index (χ0) is 21.0. The highest BCUT2D eigenvalue weighted by atomic mass is 32.2. The number of hydrogen-bond acceptors (Lipinski definition) is 6. The first-order chi connectivity index (χ1) is 14.5. The standard InChI is InChI=1S/C21H28N4O3S2/c26-21(17-24-12-10-23(11-13-24)16-19-6-4-14-29-19)22-18-5-3-7-20(15-18)30(27,28)25-8-1-2-9-25/h3-7,14-15H,1-2,8-13,16-17H2,(H,22,26). The maximum atomic E-state index is 12.7. The lowest BCUT2D eigenvalue weighted by molar-refractivity contribution is -0.117. The molecule has 1 aromatic heterocycles. The predicted molar refractivity (Wildman–Crippen MR) is 119 cm³/mol. The minimum atomic E-state index is -3.49. The summed E-state index contributed by atoms with van der Waals surface area (Å²) in [4.78, 5) is 18.7. The van der Waals surface area contributed by atoms with Crippen LogP contribution in [0, 0.1) is 0 Å². The van der Waals surface area contributed by atoms with Crippen molar-refractivity contribution < 1.29 is 13.2 Å². The lowest BCUT2D eigenvalue weighted by atomic mass is 10.3. The third-order valence-electron chi connectivity index (χ3n) is 5.61. The van der Waals surface area contributed by atoms with Crippen molar-refractivity contribution in [3.8, 4) is 0 Å². The molecule has 2 fully saturated rings. The number of nitrogens with zero attached hydrogens (tertiary/aromatic N) is 3. The van der Waals surface area contributed by atoms with Crippen LogP contribution in [0.2, 0.25) is 0 Å². The Labute approximate surface area is 182 Å². The van der Waals surface area contributed by atoms with E-state index < -0.39 is 10.0 Å². The molecule has 4 rings (SSSR count). The van der Waals surface area contributed by atoms with E-state index in [2.05, 4.69) is 32.6 Å². The summed E-state index contributed by atoms with van der Waals surface area (Å²) in [6.45, 7) is 5.99. The van der Waals surface area contributed by atoms with Crippen LogP contribution in [0.4, 0.5) is 5.69 Å². The van der Waals surface area contributed by atoms with Gasteiger partial charge in [0, 0.05) is 56.4 Å². The van der Waals surface area contributed by atoms with Gasteiger partial charge in [0.15, 0.2) is 0 Å². The molecule has 2 saturated heterocycles. The van der Waals surface area contributed by atoms with Crippen LogP contribution in [0.1, 0.15) is 17.7 Å². The highest BCUT2D eigenvalue weighted by Crippen LogP contribution is 2.23. The Morgan fingerprint density at radius 3 is 2.40 bits per heavy atom. The lowest BCUT2D eigenvalue weighted by Gasteiger charge is -2.34. The van der Waals surface area contributed by atoms with E-state index >= 15 is 0 Å². The Morgan fingerprint density at radius 2 is 1.70 bits per heavy atom. The second kappa shape index (κ2) is 9.57. The Balaban J connectivity index is 1.28. The number of piperazine rings is 1. The van der Waals surface area contributed by atoms with E-state index in [1.165, 1.54) is 9.18 Å². The normalized spacial score (nSPS) is 19.2. The number of amides is 1. The predicted octanol–water partition coefficient (Wildman–Crippen LogP) is 2.29. The number of sulfonamides is 1. The second-order valence-electron chi connectivity index (χ2n) is 7.82. The first-order valence-electron chi connectivity index (χ1n) is 10.4. The van der Waals surface area contributed by atoms with Gasteiger partial charge in [0.05, 0.1) is 11.4 Å². The molecule has 9 heteroatoms. The van der Waals surface area contributed by atoms with E-state index in [1.54, 1.807) is 35.6 Å². The van der Waals surface area contributed by atoms with Crippen molar-refractivity contribution in [2.75, 3.05) is 51.1 Å². The Hall–Kier alpha value is -1.78. The van der Waals surface area contributed by atoms with Crippen molar-refractivity contribution in [3.63, 3.8) is 0 Å². The van der Waals surface area contributed by atoms with E-state index in [4.69, 9.17) is 0 Å². The summed E-state index contributed by atoms with van der Waals surface area (Å²) < 4.78 is 27.0. The molecule has 7 nitrogen and oxygen atoms in total. The van der Waals surface area contributed by atoms with Gasteiger partial charge >= 0.3 is 0 Å². The molecule has 0 saturated carbocycles. The van der Waals surface area contributed by atoms with Gasteiger partial charge in [0.2, 0.25) is 15.9 Å². The zero-order valence-electron chi connectivity index (χ0n) is 17.0. The lowest BCUT2D eigenvalue weighted by Crippen LogP contribution is -2.48. The third-order valence-corrected chi connectivity index (χ3v) is 8.37. The minimum absolute atomic E-state index is 0.113. The number of anilines is 1. The molecule has 162 valence electrons. The van der Waals surface area contributed by atoms with Crippen LogP contribution in [-0.2, 0) is 21.4 Å². The molecular weight excluding hydrogens is 420 g/mol. The van der Waals surface area contributed by atoms with Gasteiger partial charge in [-0.3, -0.25) is 14.6 Å². The largest absolute Gasteiger partial charge is 0.325 e. The summed E-state index contributed by atoms with van der Waals surface area (Å²) in [5.74, 6) is -0.113. The number of benzene rings is 1. The fourth-order valence-corrected chi connectivity index (χ4v) is 6.25. The number of thiophene rings is 1. The summed E-state index contributed by atoms with van der Waals surface area (Å²) in [5.41, 5.74) is 0.525. The van der Waals surface area contributed by atoms with Crippen LogP contribution in [0.3, 0.4) is 0 Å². The van der Waals surface area contributed by atoms with Crippen molar-refractivity contribution in [2.24, 2.45) is 0 Å². The number of hydrogen-bond donors (Lipinski definition) is 1. The van der Waals surface area contributed by atoms with E-state index in [1.807, 2.05) is 0 Å². The Kier molecular flexibility index (Phi) is 6.84. The summed E-state index contributed by atoms with van der Waals surface area (Å²) in [6.07, 6.45) is 1.80. The van der Waals surface area contributed by atoms with E-state index in [9.17, 15) is 13.2 Å². The van der Waals surface area contributed by atoms with Crippen molar-refractivity contribution in [2.45, 2.75) is 24.3 Å². The fraction of sp³-hybridized carbons (Fsp3) is 0.476. The molecule has 3 heterocycles. The summed E-state index contributed by atoms with van der Waals surface area (Å²) >= 11 is 1.77. The maximum absolute atomic E-state index is 12.7. The highest BCUT2D eigenvalue weighted by Gasteiger charge is 2.27. The topological polar surface area (TPSA) is 73.0 Å². The maximum Gasteiger partial charge on any atom is 0.243 e. The summed E-state index contributed by atoms with van der Waals surface area (Å²) in [7, 11) is -3.49. The number of nitrogens with one attached hydrogen (secondary N) is 1. The van der Waals surface area contributed by atoms with E-state index in [0.717, 1.165) is 45.6 Å². The quantitative estimate of drug-likeness (QED) is 0.704. The summed E-state index contributed by atoms with van der Waals surface area (Å²) in [5, 5.41) is 4.96. The number of rotatable bonds is 7. The highest BCUT2D eigenvalue weighted by molar-refractivity contribution is 7.89. The van der Waals surface area contributed by atoms with Crippen LogP contribution < -0.4 is 5.32 Å². The monoisotopic (exact) mass is 448 g/mol. The van der Waals surface area contributed by atoms with Crippen molar-refractivity contribution in [1.29, 1.82) is 0 Å². The van der Waals surface area contributed by atoms with Gasteiger partial charge in [-0.05, 0) is 42.5 Å². The van der Waals surface area contributed by atoms with Gasteiger partial charge in [-0.1, -0.05) is 12.1 Å². The molecule has 0 bridgehead atoms. The van der Waals surface area contributed by atoms with E-state index in [-0.39, 0.29) is 10.8 Å². The van der Waals surface area contributed by atoms with Crippen LogP contribution in [0.25, 0.3) is 0 Å². The molecule has 2 aliphatic heterocycles. The minimum Gasteiger partial charge on any atom is -0.325 e. The average molecular weight is 449 g/mol. The smallest absolute Gasteiger partial charge is 0.243 e. The first kappa shape index (κ1) is 21.5. The Bertz CT molecular complexity index is 948. The van der Waals surface area contributed by atoms with Gasteiger partial charge in [-0.25, -0.2) is 8.42 Å². The van der Waals surface area contributed by atoms with Gasteiger partial charge in [-0.15, -0.1) is 11.3 Å². The molecule has 1 N–H and O–H groups in total. The van der Waals surface area contributed by atoms with Crippen molar-refractivity contribution >= 4 is 33.0 Å². The van der Waals surface area contributed by atoms with Gasteiger partial charge in [-0.2, -0.15) is 4.31 Å². The molecular formula is C21H28N4O3S2. The SMILES string of the molecule is O=C(CN1CCN(Cc2cccs2)CC1)Nc1cccc(S(=O)(=O)N2CCCC2)c1. The van der Waals surface area contributed by atoms with Crippen LogP contribution >= 0.6 is 11.3 Å². The summed E-state index contributed by atoms with van der Waals surface area (Å²) in [6, 6.07) is 10.8. The second-order valence-corrected chi connectivity index (χ2v) is 10.8. The molecule has 0 unspecified atom stereocenters. The first-order valence-corrected chi connectivity index (χ1v) is 12.7. The van der Waals surface area contributed by atoms with E-state index in [0.29, 0.717) is 25.3 Å². The molecule has 0 atom stereocenters. The van der Waals surface area contributed by atoms with Crippen molar-refractivity contribution in [3.05, 3.63) is 46.7 Å². The fourth-order valence-electron chi connectivity index (χ4n) is 3.94. The number of carbonyl (C=O) groups is 1. The Morgan fingerprint density at radius 1 is 0.967 bits per heavy atom. The average Bonchev–Trinajstić information content (AvgIpc) is 3.44. The molecule has 1 amide bonds. The zero-order valence-corrected chi connectivity index (χ0v) is 18.6. The third kappa shape index (κ3) is 5.28.